The van der Waals surface area contributed by atoms with Crippen LogP contribution in [0.2, 0.25) is 0 Å². The fourth-order valence-electron chi connectivity index (χ4n) is 1.63. The van der Waals surface area contributed by atoms with E-state index in [1.54, 1.807) is 0 Å². The van der Waals surface area contributed by atoms with Gasteiger partial charge in [-0.3, -0.25) is 4.98 Å². The quantitative estimate of drug-likeness (QED) is 0.904. The molecule has 18 heavy (non-hydrogen) atoms. The number of aliphatic hydroxyl groups excluding tert-OH is 1. The van der Waals surface area contributed by atoms with Gasteiger partial charge in [-0.2, -0.15) is 13.2 Å². The van der Waals surface area contributed by atoms with Crippen LogP contribution in [0, 0.1) is 0 Å². The Morgan fingerprint density at radius 2 is 2.00 bits per heavy atom. The van der Waals surface area contributed by atoms with Gasteiger partial charge in [0.1, 0.15) is 5.69 Å². The molecule has 2 rings (SSSR count). The molecular formula is C11H12F3NO3. The second kappa shape index (κ2) is 5.21. The van der Waals surface area contributed by atoms with Gasteiger partial charge in [-0.05, 0) is 11.6 Å². The predicted molar refractivity (Wildman–Crippen MR) is 54.5 cm³/mol. The van der Waals surface area contributed by atoms with Crippen LogP contribution in [0.3, 0.4) is 0 Å². The Kier molecular flexibility index (Phi) is 3.84. The van der Waals surface area contributed by atoms with Gasteiger partial charge in [0.15, 0.2) is 6.29 Å². The van der Waals surface area contributed by atoms with Crippen LogP contribution >= 0.6 is 0 Å². The molecule has 1 atom stereocenters. The Bertz CT molecular complexity index is 388. The van der Waals surface area contributed by atoms with E-state index < -0.39 is 24.3 Å². The molecule has 1 aromatic heterocycles. The molecule has 2 heterocycles. The lowest BCUT2D eigenvalue weighted by atomic mass is 10.1. The molecule has 0 aromatic carbocycles. The van der Waals surface area contributed by atoms with E-state index in [-0.39, 0.29) is 6.42 Å². The summed E-state index contributed by atoms with van der Waals surface area (Å²) in [4.78, 5) is 3.28. The summed E-state index contributed by atoms with van der Waals surface area (Å²) in [5.74, 6) is 0. The van der Waals surface area contributed by atoms with Crippen molar-refractivity contribution < 1.29 is 27.8 Å². The summed E-state index contributed by atoms with van der Waals surface area (Å²) in [5.41, 5.74) is -0.672. The average molecular weight is 263 g/mol. The number of hydrogen-bond donors (Lipinski definition) is 1. The Morgan fingerprint density at radius 3 is 2.50 bits per heavy atom. The van der Waals surface area contributed by atoms with Crippen molar-refractivity contribution in [2.75, 3.05) is 13.2 Å². The van der Waals surface area contributed by atoms with Crippen LogP contribution in [0.4, 0.5) is 13.2 Å². The SMILES string of the molecule is OC(CC1OCCO1)c1ccc(C(F)(F)F)nc1. The number of aliphatic hydroxyl groups is 1. The number of pyridine rings is 1. The van der Waals surface area contributed by atoms with Gasteiger partial charge in [0.05, 0.1) is 19.3 Å². The minimum atomic E-state index is -4.47. The standard InChI is InChI=1S/C11H12F3NO3/c12-11(13,14)9-2-1-7(6-15-9)8(16)5-10-17-3-4-18-10/h1-2,6,8,10,16H,3-5H2. The fraction of sp³-hybridized carbons (Fsp3) is 0.545. The van der Waals surface area contributed by atoms with Crippen LogP contribution in [0.1, 0.15) is 23.8 Å². The van der Waals surface area contributed by atoms with E-state index in [1.165, 1.54) is 6.07 Å². The summed E-state index contributed by atoms with van der Waals surface area (Å²) in [5, 5.41) is 9.79. The number of nitrogens with zero attached hydrogens (tertiary/aromatic N) is 1. The average Bonchev–Trinajstić information content (AvgIpc) is 2.81. The maximum Gasteiger partial charge on any atom is 0.433 e. The van der Waals surface area contributed by atoms with Crippen molar-refractivity contribution in [2.45, 2.75) is 25.0 Å². The zero-order valence-electron chi connectivity index (χ0n) is 9.35. The summed E-state index contributed by atoms with van der Waals surface area (Å²) in [6.45, 7) is 0.922. The first kappa shape index (κ1) is 13.3. The molecule has 4 nitrogen and oxygen atoms in total. The highest BCUT2D eigenvalue weighted by Gasteiger charge is 2.32. The third-order valence-corrected chi connectivity index (χ3v) is 2.57. The van der Waals surface area contributed by atoms with Gasteiger partial charge in [-0.15, -0.1) is 0 Å². The molecule has 1 unspecified atom stereocenters. The Hall–Kier alpha value is -1.18. The third kappa shape index (κ3) is 3.18. The van der Waals surface area contributed by atoms with Crippen molar-refractivity contribution >= 4 is 0 Å². The minimum Gasteiger partial charge on any atom is -0.388 e. The van der Waals surface area contributed by atoms with Crippen molar-refractivity contribution in [2.24, 2.45) is 0 Å². The second-order valence-corrected chi connectivity index (χ2v) is 3.90. The molecule has 1 aromatic rings. The lowest BCUT2D eigenvalue weighted by Gasteiger charge is -2.15. The highest BCUT2D eigenvalue weighted by atomic mass is 19.4. The zero-order valence-corrected chi connectivity index (χ0v) is 9.35. The molecule has 0 aliphatic carbocycles. The second-order valence-electron chi connectivity index (χ2n) is 3.90. The molecule has 7 heteroatoms. The van der Waals surface area contributed by atoms with Gasteiger partial charge in [0.25, 0.3) is 0 Å². The van der Waals surface area contributed by atoms with Crippen molar-refractivity contribution in [3.63, 3.8) is 0 Å². The first-order valence-corrected chi connectivity index (χ1v) is 5.41. The first-order valence-electron chi connectivity index (χ1n) is 5.41. The van der Waals surface area contributed by atoms with Gasteiger partial charge in [-0.25, -0.2) is 0 Å². The monoisotopic (exact) mass is 263 g/mol. The van der Waals surface area contributed by atoms with Crippen LogP contribution in [0.25, 0.3) is 0 Å². The van der Waals surface area contributed by atoms with E-state index in [4.69, 9.17) is 9.47 Å². The fourth-order valence-corrected chi connectivity index (χ4v) is 1.63. The maximum absolute atomic E-state index is 12.3. The largest absolute Gasteiger partial charge is 0.433 e. The zero-order chi connectivity index (χ0) is 13.2. The molecular weight excluding hydrogens is 251 g/mol. The maximum atomic E-state index is 12.3. The molecule has 100 valence electrons. The van der Waals surface area contributed by atoms with E-state index in [0.29, 0.717) is 18.8 Å². The highest BCUT2D eigenvalue weighted by molar-refractivity contribution is 5.18. The predicted octanol–water partition coefficient (Wildman–Crippen LogP) is 1.90. The summed E-state index contributed by atoms with van der Waals surface area (Å²) in [6.07, 6.45) is -4.75. The Labute approximate surface area is 101 Å². The number of halogens is 3. The van der Waals surface area contributed by atoms with Crippen LogP contribution in [-0.2, 0) is 15.7 Å². The van der Waals surface area contributed by atoms with Crippen LogP contribution in [-0.4, -0.2) is 29.6 Å². The van der Waals surface area contributed by atoms with E-state index in [9.17, 15) is 18.3 Å². The first-order chi connectivity index (χ1) is 8.47. The van der Waals surface area contributed by atoms with Crippen molar-refractivity contribution in [1.82, 2.24) is 4.98 Å². The molecule has 1 fully saturated rings. The molecule has 1 N–H and O–H groups in total. The van der Waals surface area contributed by atoms with Crippen molar-refractivity contribution in [3.8, 4) is 0 Å². The van der Waals surface area contributed by atoms with Crippen LogP contribution in [0.5, 0.6) is 0 Å². The molecule has 0 amide bonds. The van der Waals surface area contributed by atoms with E-state index in [1.807, 2.05) is 0 Å². The molecule has 1 aliphatic heterocycles. The summed E-state index contributed by atoms with van der Waals surface area (Å²) < 4.78 is 47.1. The molecule has 0 radical (unpaired) electrons. The molecule has 0 spiro atoms. The number of aromatic nitrogens is 1. The number of hydrogen-bond acceptors (Lipinski definition) is 4. The molecule has 0 bridgehead atoms. The lowest BCUT2D eigenvalue weighted by molar-refractivity contribution is -0.141. The van der Waals surface area contributed by atoms with Gasteiger partial charge in [0.2, 0.25) is 0 Å². The number of alkyl halides is 3. The van der Waals surface area contributed by atoms with E-state index in [2.05, 4.69) is 4.98 Å². The topological polar surface area (TPSA) is 51.6 Å². The summed E-state index contributed by atoms with van der Waals surface area (Å²) in [7, 11) is 0. The van der Waals surface area contributed by atoms with E-state index >= 15 is 0 Å². The number of ether oxygens (including phenoxy) is 2. The molecule has 1 saturated heterocycles. The van der Waals surface area contributed by atoms with Gasteiger partial charge in [-0.1, -0.05) is 6.07 Å². The Balaban J connectivity index is 2.00. The normalized spacial score (nSPS) is 19.1. The van der Waals surface area contributed by atoms with Gasteiger partial charge < -0.3 is 14.6 Å². The van der Waals surface area contributed by atoms with Crippen LogP contribution < -0.4 is 0 Å². The van der Waals surface area contributed by atoms with Crippen LogP contribution in [0.15, 0.2) is 18.3 Å². The lowest BCUT2D eigenvalue weighted by Crippen LogP contribution is -2.14. The van der Waals surface area contributed by atoms with Crippen molar-refractivity contribution in [1.29, 1.82) is 0 Å². The number of rotatable bonds is 3. The summed E-state index contributed by atoms with van der Waals surface area (Å²) in [6, 6.07) is 2.05. The molecule has 1 aliphatic rings. The Morgan fingerprint density at radius 1 is 1.33 bits per heavy atom. The van der Waals surface area contributed by atoms with Crippen molar-refractivity contribution in [3.05, 3.63) is 29.6 Å². The summed E-state index contributed by atoms with van der Waals surface area (Å²) >= 11 is 0. The molecule has 0 saturated carbocycles. The van der Waals surface area contributed by atoms with Gasteiger partial charge in [0, 0.05) is 12.6 Å². The van der Waals surface area contributed by atoms with Gasteiger partial charge >= 0.3 is 6.18 Å². The van der Waals surface area contributed by atoms with E-state index in [0.717, 1.165) is 12.3 Å². The minimum absolute atomic E-state index is 0.174. The highest BCUT2D eigenvalue weighted by Crippen LogP contribution is 2.29. The smallest absolute Gasteiger partial charge is 0.388 e. The third-order valence-electron chi connectivity index (χ3n) is 2.57.